The van der Waals surface area contributed by atoms with Crippen molar-refractivity contribution in [1.82, 2.24) is 29.5 Å². The highest BCUT2D eigenvalue weighted by Gasteiger charge is 2.34. The summed E-state index contributed by atoms with van der Waals surface area (Å²) in [5, 5.41) is 13.9. The van der Waals surface area contributed by atoms with Crippen LogP contribution in [-0.4, -0.2) is 54.7 Å². The van der Waals surface area contributed by atoms with E-state index in [-0.39, 0.29) is 53.1 Å². The third kappa shape index (κ3) is 10.2. The fourth-order valence-electron chi connectivity index (χ4n) is 10.5. The van der Waals surface area contributed by atoms with Crippen LogP contribution in [0.4, 0.5) is 58.9 Å². The van der Waals surface area contributed by atoms with Crippen molar-refractivity contribution in [3.8, 4) is 33.9 Å². The van der Waals surface area contributed by atoms with Crippen LogP contribution in [0.5, 0.6) is 0 Å². The number of hydrogen-bond acceptors (Lipinski definition) is 8. The summed E-state index contributed by atoms with van der Waals surface area (Å²) in [5.74, 6) is -3.13. The van der Waals surface area contributed by atoms with Crippen molar-refractivity contribution in [2.24, 2.45) is 11.5 Å². The highest BCUT2D eigenvalue weighted by atomic mass is 19.1. The fraction of sp³-hybridized carbons (Fsp3) is 0.276. The molecule has 2 aliphatic heterocycles. The Balaban J connectivity index is 0.000000176. The molecular formula is C58H56F6N12O2. The van der Waals surface area contributed by atoms with Gasteiger partial charge in [0.15, 0.2) is 23.3 Å². The number of para-hydroxylation sites is 2. The third-order valence-electron chi connectivity index (χ3n) is 14.5. The van der Waals surface area contributed by atoms with Crippen LogP contribution in [0.1, 0.15) is 94.4 Å². The second-order valence-corrected chi connectivity index (χ2v) is 20.4. The zero-order valence-electron chi connectivity index (χ0n) is 43.7. The first-order valence-corrected chi connectivity index (χ1v) is 25.5. The Labute approximate surface area is 446 Å². The average molecular weight is 1070 g/mol. The Hall–Kier alpha value is -8.68. The molecule has 1 saturated carbocycles. The summed E-state index contributed by atoms with van der Waals surface area (Å²) in [6, 6.07) is 16.4. The number of nitrogens with one attached hydrogen (secondary N) is 2. The Morgan fingerprint density at radius 1 is 0.577 bits per heavy atom. The van der Waals surface area contributed by atoms with Crippen molar-refractivity contribution < 1.29 is 35.9 Å². The molecule has 4 aromatic heterocycles. The minimum atomic E-state index is -1.01. The molecule has 402 valence electrons. The summed E-state index contributed by atoms with van der Waals surface area (Å²) in [7, 11) is 0. The lowest BCUT2D eigenvalue weighted by Gasteiger charge is -2.28. The first-order chi connectivity index (χ1) is 37.3. The van der Waals surface area contributed by atoms with Gasteiger partial charge in [-0.2, -0.15) is 10.2 Å². The van der Waals surface area contributed by atoms with Gasteiger partial charge in [0.25, 0.3) is 0 Å². The van der Waals surface area contributed by atoms with E-state index in [9.17, 15) is 9.59 Å². The second kappa shape index (κ2) is 21.0. The summed E-state index contributed by atoms with van der Waals surface area (Å²) < 4.78 is 95.0. The summed E-state index contributed by atoms with van der Waals surface area (Å²) >= 11 is 0. The van der Waals surface area contributed by atoms with Gasteiger partial charge in [-0.3, -0.25) is 0 Å². The number of nitrogens with zero attached hydrogens (tertiary/aromatic N) is 8. The number of nitrogens with two attached hydrogens (primary N) is 2. The van der Waals surface area contributed by atoms with Crippen LogP contribution in [0.2, 0.25) is 0 Å². The number of benzene rings is 4. The van der Waals surface area contributed by atoms with Crippen LogP contribution in [-0.2, 0) is 25.9 Å². The number of aromatic nitrogens is 6. The summed E-state index contributed by atoms with van der Waals surface area (Å²) in [6.45, 7) is 13.0. The molecule has 0 atom stereocenters. The van der Waals surface area contributed by atoms with Crippen molar-refractivity contribution in [2.45, 2.75) is 92.2 Å². The van der Waals surface area contributed by atoms with Crippen LogP contribution < -0.4 is 31.9 Å². The van der Waals surface area contributed by atoms with Gasteiger partial charge in [-0.1, -0.05) is 50.2 Å². The van der Waals surface area contributed by atoms with Gasteiger partial charge in [0.1, 0.15) is 23.3 Å². The molecule has 4 aromatic carbocycles. The predicted octanol–water partition coefficient (Wildman–Crippen LogP) is 12.0. The van der Waals surface area contributed by atoms with E-state index >= 15 is 26.3 Å². The van der Waals surface area contributed by atoms with Gasteiger partial charge in [-0.15, -0.1) is 0 Å². The van der Waals surface area contributed by atoms with Crippen LogP contribution >= 0.6 is 0 Å². The first kappa shape index (κ1) is 52.7. The standard InChI is InChI=1S/C29H27F3N6O.C29H29F3N6O/c1-15-4-3-5-16(2)26(15)38-27(19-11-22(31)25(12-21(19)30)35-29(33)39)20-14-37(9-8-24(20)36-38)28-23(32)10-18(13-34-28)17-6-7-17;1-15(2)18-10-23(32)28(34-13-18)37-9-8-24-20(14-37)27(38(36-24)26-16(3)6-5-7-17(26)4)19-11-22(31)25(12-21(19)30)35-29(33)39/h3-5,10-13,17H,6-9,14H2,1-2H3,(H3,33,35,39);5-7,10-13,15H,8-9,14H2,1-4H3,(H3,33,35,39). The number of carbonyl (C=O) groups is 2. The van der Waals surface area contributed by atoms with E-state index < -0.39 is 47.0 Å². The van der Waals surface area contributed by atoms with Crippen LogP contribution in [0.25, 0.3) is 33.9 Å². The van der Waals surface area contributed by atoms with E-state index in [0.29, 0.717) is 60.1 Å². The van der Waals surface area contributed by atoms with Gasteiger partial charge in [0.2, 0.25) is 0 Å². The number of fused-ring (bicyclic) bond motifs is 2. The smallest absolute Gasteiger partial charge is 0.316 e. The number of hydrogen-bond donors (Lipinski definition) is 4. The number of anilines is 4. The van der Waals surface area contributed by atoms with Gasteiger partial charge in [0, 0.05) is 85.8 Å². The van der Waals surface area contributed by atoms with E-state index in [1.165, 1.54) is 6.07 Å². The summed E-state index contributed by atoms with van der Waals surface area (Å²) in [5.41, 5.74) is 19.7. The van der Waals surface area contributed by atoms with Crippen molar-refractivity contribution in [3.05, 3.63) is 176 Å². The van der Waals surface area contributed by atoms with E-state index in [4.69, 9.17) is 21.7 Å². The second-order valence-electron chi connectivity index (χ2n) is 20.4. The highest BCUT2D eigenvalue weighted by Crippen LogP contribution is 2.43. The number of carbonyl (C=O) groups excluding carboxylic acids is 2. The molecule has 20 heteroatoms. The van der Waals surface area contributed by atoms with Crippen molar-refractivity contribution in [3.63, 3.8) is 0 Å². The van der Waals surface area contributed by atoms with Gasteiger partial charge >= 0.3 is 12.1 Å². The maximum absolute atomic E-state index is 15.6. The topological polar surface area (TPSA) is 178 Å². The zero-order chi connectivity index (χ0) is 55.4. The normalized spacial score (nSPS) is 14.0. The highest BCUT2D eigenvalue weighted by molar-refractivity contribution is 5.89. The maximum atomic E-state index is 15.6. The quantitative estimate of drug-likeness (QED) is 0.0978. The Bertz CT molecular complexity index is 3430. The molecule has 0 bridgehead atoms. The molecule has 0 spiro atoms. The Morgan fingerprint density at radius 3 is 1.38 bits per heavy atom. The lowest BCUT2D eigenvalue weighted by Crippen LogP contribution is -2.31. The molecule has 3 aliphatic rings. The lowest BCUT2D eigenvalue weighted by atomic mass is 9.99. The van der Waals surface area contributed by atoms with E-state index in [1.54, 1.807) is 32.7 Å². The lowest BCUT2D eigenvalue weighted by molar-refractivity contribution is 0.258. The maximum Gasteiger partial charge on any atom is 0.316 e. The molecule has 8 aromatic rings. The van der Waals surface area contributed by atoms with Crippen LogP contribution in [0.15, 0.2) is 85.2 Å². The van der Waals surface area contributed by atoms with Gasteiger partial charge in [-0.05, 0) is 110 Å². The van der Waals surface area contributed by atoms with E-state index in [0.717, 1.165) is 87.6 Å². The van der Waals surface area contributed by atoms with Crippen LogP contribution in [0, 0.1) is 62.6 Å². The van der Waals surface area contributed by atoms with Crippen molar-refractivity contribution >= 4 is 35.1 Å². The number of amides is 4. The molecule has 4 amide bonds. The zero-order valence-corrected chi connectivity index (χ0v) is 43.7. The molecule has 0 unspecified atom stereocenters. The number of primary amides is 2. The predicted molar refractivity (Wildman–Crippen MR) is 287 cm³/mol. The number of urea groups is 2. The molecule has 0 radical (unpaired) electrons. The minimum Gasteiger partial charge on any atom is -0.351 e. The minimum absolute atomic E-state index is 0.0294. The summed E-state index contributed by atoms with van der Waals surface area (Å²) in [6.07, 6.45) is 6.41. The number of aryl methyl sites for hydroxylation is 4. The molecule has 0 saturated heterocycles. The molecule has 1 fully saturated rings. The molecule has 6 N–H and O–H groups in total. The first-order valence-electron chi connectivity index (χ1n) is 25.5. The average Bonchev–Trinajstić information content (AvgIpc) is 4.14. The van der Waals surface area contributed by atoms with Crippen LogP contribution in [0.3, 0.4) is 0 Å². The number of pyridine rings is 2. The Kier molecular flexibility index (Phi) is 14.2. The molecular weight excluding hydrogens is 1010 g/mol. The number of halogens is 6. The fourth-order valence-corrected chi connectivity index (χ4v) is 10.5. The molecule has 78 heavy (non-hydrogen) atoms. The van der Waals surface area contributed by atoms with Gasteiger partial charge in [-0.25, -0.2) is 55.3 Å². The molecule has 11 rings (SSSR count). The Morgan fingerprint density at radius 2 is 1.00 bits per heavy atom. The third-order valence-corrected chi connectivity index (χ3v) is 14.5. The molecule has 1 aliphatic carbocycles. The largest absolute Gasteiger partial charge is 0.351 e. The SMILES string of the molecule is Cc1cccc(C)c1-n1nc2c(c1-c1cc(F)c(NC(N)=O)cc1F)CN(c1ncc(C(C)C)cc1F)CC2.Cc1cccc(C)c1-n1nc2c(c1-c1cc(F)c(NC(N)=O)cc1F)CN(c1ncc(C3CC3)cc1F)CC2. The van der Waals surface area contributed by atoms with E-state index in [1.807, 2.05) is 82.8 Å². The summed E-state index contributed by atoms with van der Waals surface area (Å²) in [4.78, 5) is 35.0. The van der Waals surface area contributed by atoms with Crippen molar-refractivity contribution in [1.29, 1.82) is 0 Å². The molecule has 14 nitrogen and oxygen atoms in total. The van der Waals surface area contributed by atoms with Gasteiger partial charge < -0.3 is 31.9 Å². The van der Waals surface area contributed by atoms with E-state index in [2.05, 4.69) is 20.6 Å². The number of rotatable bonds is 10. The van der Waals surface area contributed by atoms with Gasteiger partial charge in [0.05, 0.1) is 45.5 Å². The monoisotopic (exact) mass is 1070 g/mol. The molecule has 6 heterocycles. The van der Waals surface area contributed by atoms with Crippen molar-refractivity contribution in [2.75, 3.05) is 33.5 Å².